The molecule has 1 aromatic heterocycles. The summed E-state index contributed by atoms with van der Waals surface area (Å²) in [7, 11) is 0. The molecule has 0 aliphatic heterocycles. The third kappa shape index (κ3) is 2.65. The summed E-state index contributed by atoms with van der Waals surface area (Å²) < 4.78 is 13.0. The van der Waals surface area contributed by atoms with Crippen LogP contribution in [-0.4, -0.2) is 4.98 Å². The molecular formula is C12H12ClFN2S. The average molecular weight is 271 g/mol. The quantitative estimate of drug-likeness (QED) is 0.915. The van der Waals surface area contributed by atoms with Crippen LogP contribution in [0.5, 0.6) is 0 Å². The van der Waals surface area contributed by atoms with Gasteiger partial charge in [0.05, 0.1) is 16.8 Å². The van der Waals surface area contributed by atoms with Gasteiger partial charge in [-0.15, -0.1) is 11.3 Å². The van der Waals surface area contributed by atoms with E-state index in [0.717, 1.165) is 22.7 Å². The molecule has 1 atom stereocenters. The number of thiazole rings is 1. The van der Waals surface area contributed by atoms with Crippen molar-refractivity contribution in [3.05, 3.63) is 39.4 Å². The Kier molecular flexibility index (Phi) is 3.76. The minimum Gasteiger partial charge on any atom is -0.322 e. The number of rotatable bonds is 3. The van der Waals surface area contributed by atoms with Crippen molar-refractivity contribution in [3.8, 4) is 11.3 Å². The van der Waals surface area contributed by atoms with Crippen molar-refractivity contribution < 1.29 is 4.39 Å². The van der Waals surface area contributed by atoms with Gasteiger partial charge >= 0.3 is 0 Å². The van der Waals surface area contributed by atoms with Crippen LogP contribution in [0, 0.1) is 5.82 Å². The zero-order valence-corrected chi connectivity index (χ0v) is 10.9. The molecule has 90 valence electrons. The van der Waals surface area contributed by atoms with E-state index in [1.54, 1.807) is 12.1 Å². The molecule has 1 aromatic carbocycles. The molecule has 2 N–H and O–H groups in total. The van der Waals surface area contributed by atoms with Crippen LogP contribution in [-0.2, 0) is 0 Å². The van der Waals surface area contributed by atoms with Crippen molar-refractivity contribution >= 4 is 22.9 Å². The van der Waals surface area contributed by atoms with Gasteiger partial charge in [0.25, 0.3) is 0 Å². The van der Waals surface area contributed by atoms with Crippen molar-refractivity contribution in [2.75, 3.05) is 0 Å². The SMILES string of the molecule is CCC(N)c1nc(-c2ccc(F)c(Cl)c2)cs1. The highest BCUT2D eigenvalue weighted by Gasteiger charge is 2.11. The molecular weight excluding hydrogens is 259 g/mol. The Bertz CT molecular complexity index is 527. The molecule has 0 aliphatic carbocycles. The molecule has 0 saturated carbocycles. The van der Waals surface area contributed by atoms with Crippen molar-refractivity contribution in [1.29, 1.82) is 0 Å². The van der Waals surface area contributed by atoms with E-state index in [4.69, 9.17) is 17.3 Å². The summed E-state index contributed by atoms with van der Waals surface area (Å²) in [4.78, 5) is 4.43. The van der Waals surface area contributed by atoms with Crippen LogP contribution in [0.25, 0.3) is 11.3 Å². The van der Waals surface area contributed by atoms with Crippen molar-refractivity contribution in [1.82, 2.24) is 4.98 Å². The molecule has 2 rings (SSSR count). The molecule has 2 nitrogen and oxygen atoms in total. The van der Waals surface area contributed by atoms with Crippen LogP contribution in [0.4, 0.5) is 4.39 Å². The summed E-state index contributed by atoms with van der Waals surface area (Å²) in [6.07, 6.45) is 0.844. The highest BCUT2D eigenvalue weighted by atomic mass is 35.5. The minimum atomic E-state index is -0.420. The van der Waals surface area contributed by atoms with Crippen molar-refractivity contribution in [3.63, 3.8) is 0 Å². The summed E-state index contributed by atoms with van der Waals surface area (Å²) >= 11 is 7.25. The summed E-state index contributed by atoms with van der Waals surface area (Å²) in [6.45, 7) is 2.01. The van der Waals surface area contributed by atoms with Gasteiger partial charge < -0.3 is 5.73 Å². The highest BCUT2D eigenvalue weighted by molar-refractivity contribution is 7.10. The van der Waals surface area contributed by atoms with Gasteiger partial charge in [-0.3, -0.25) is 0 Å². The molecule has 0 spiro atoms. The second-order valence-corrected chi connectivity index (χ2v) is 5.01. The number of hydrogen-bond donors (Lipinski definition) is 1. The third-order valence-corrected chi connectivity index (χ3v) is 3.76. The van der Waals surface area contributed by atoms with Gasteiger partial charge in [-0.1, -0.05) is 18.5 Å². The second-order valence-electron chi connectivity index (χ2n) is 3.71. The van der Waals surface area contributed by atoms with Crippen LogP contribution < -0.4 is 5.73 Å². The van der Waals surface area contributed by atoms with Gasteiger partial charge in [0.2, 0.25) is 0 Å². The monoisotopic (exact) mass is 270 g/mol. The van der Waals surface area contributed by atoms with Crippen LogP contribution in [0.15, 0.2) is 23.6 Å². The maximum absolute atomic E-state index is 13.0. The molecule has 0 bridgehead atoms. The van der Waals surface area contributed by atoms with E-state index in [2.05, 4.69) is 4.98 Å². The summed E-state index contributed by atoms with van der Waals surface area (Å²) in [5.74, 6) is -0.420. The Balaban J connectivity index is 2.33. The van der Waals surface area contributed by atoms with Crippen LogP contribution in [0.1, 0.15) is 24.4 Å². The molecule has 0 amide bonds. The fraction of sp³-hybridized carbons (Fsp3) is 0.250. The van der Waals surface area contributed by atoms with Crippen LogP contribution in [0.3, 0.4) is 0 Å². The Labute approximate surface area is 108 Å². The predicted octanol–water partition coefficient (Wildman–Crippen LogP) is 4.01. The zero-order chi connectivity index (χ0) is 12.4. The van der Waals surface area contributed by atoms with Crippen molar-refractivity contribution in [2.24, 2.45) is 5.73 Å². The summed E-state index contributed by atoms with van der Waals surface area (Å²) in [5.41, 5.74) is 7.50. The fourth-order valence-corrected chi connectivity index (χ4v) is 2.51. The number of halogens is 2. The number of nitrogens with zero attached hydrogens (tertiary/aromatic N) is 1. The lowest BCUT2D eigenvalue weighted by molar-refractivity contribution is 0.628. The molecule has 17 heavy (non-hydrogen) atoms. The van der Waals surface area contributed by atoms with Gasteiger partial charge in [0.15, 0.2) is 0 Å². The van der Waals surface area contributed by atoms with E-state index in [1.807, 2.05) is 12.3 Å². The summed E-state index contributed by atoms with van der Waals surface area (Å²) in [5, 5.41) is 2.91. The van der Waals surface area contributed by atoms with Gasteiger partial charge in [-0.05, 0) is 24.6 Å². The largest absolute Gasteiger partial charge is 0.322 e. The minimum absolute atomic E-state index is 0.0373. The first kappa shape index (κ1) is 12.5. The number of benzene rings is 1. The number of hydrogen-bond acceptors (Lipinski definition) is 3. The number of nitrogens with two attached hydrogens (primary N) is 1. The average Bonchev–Trinajstić information content (AvgIpc) is 2.81. The van der Waals surface area contributed by atoms with Gasteiger partial charge in [0, 0.05) is 10.9 Å². The highest BCUT2D eigenvalue weighted by Crippen LogP contribution is 2.28. The smallest absolute Gasteiger partial charge is 0.141 e. The first-order chi connectivity index (χ1) is 8.11. The topological polar surface area (TPSA) is 38.9 Å². The van der Waals surface area contributed by atoms with E-state index in [9.17, 15) is 4.39 Å². The van der Waals surface area contributed by atoms with Crippen LogP contribution in [0.2, 0.25) is 5.02 Å². The molecule has 1 heterocycles. The van der Waals surface area contributed by atoms with E-state index in [1.165, 1.54) is 17.4 Å². The van der Waals surface area contributed by atoms with E-state index in [-0.39, 0.29) is 11.1 Å². The van der Waals surface area contributed by atoms with Crippen LogP contribution >= 0.6 is 22.9 Å². The molecule has 0 saturated heterocycles. The lowest BCUT2D eigenvalue weighted by Crippen LogP contribution is -2.07. The number of aromatic nitrogens is 1. The standard InChI is InChI=1S/C12H12ClFN2S/c1-2-10(15)12-16-11(6-17-12)7-3-4-9(14)8(13)5-7/h3-6,10H,2,15H2,1H3. The molecule has 5 heteroatoms. The molecule has 2 aromatic rings. The Morgan fingerprint density at radius 1 is 1.53 bits per heavy atom. The lowest BCUT2D eigenvalue weighted by atomic mass is 10.2. The zero-order valence-electron chi connectivity index (χ0n) is 9.28. The lowest BCUT2D eigenvalue weighted by Gasteiger charge is -2.03. The maximum atomic E-state index is 13.0. The Morgan fingerprint density at radius 2 is 2.29 bits per heavy atom. The van der Waals surface area contributed by atoms with Crippen molar-refractivity contribution in [2.45, 2.75) is 19.4 Å². The molecule has 1 unspecified atom stereocenters. The maximum Gasteiger partial charge on any atom is 0.141 e. The second kappa shape index (κ2) is 5.12. The first-order valence-electron chi connectivity index (χ1n) is 5.28. The predicted molar refractivity (Wildman–Crippen MR) is 69.7 cm³/mol. The molecule has 0 fully saturated rings. The third-order valence-electron chi connectivity index (χ3n) is 2.49. The molecule has 0 radical (unpaired) electrons. The normalized spacial score (nSPS) is 12.7. The van der Waals surface area contributed by atoms with E-state index in [0.29, 0.717) is 0 Å². The van der Waals surface area contributed by atoms with E-state index < -0.39 is 5.82 Å². The Morgan fingerprint density at radius 3 is 2.94 bits per heavy atom. The van der Waals surface area contributed by atoms with E-state index >= 15 is 0 Å². The fourth-order valence-electron chi connectivity index (χ4n) is 1.42. The van der Waals surface area contributed by atoms with Gasteiger partial charge in [0.1, 0.15) is 10.8 Å². The first-order valence-corrected chi connectivity index (χ1v) is 6.54. The Hall–Kier alpha value is -0.970. The molecule has 0 aliphatic rings. The van der Waals surface area contributed by atoms with Gasteiger partial charge in [-0.2, -0.15) is 0 Å². The summed E-state index contributed by atoms with van der Waals surface area (Å²) in [6, 6.07) is 4.55. The van der Waals surface area contributed by atoms with Gasteiger partial charge in [-0.25, -0.2) is 9.37 Å².